The number of benzene rings is 1. The summed E-state index contributed by atoms with van der Waals surface area (Å²) in [7, 11) is 0. The first kappa shape index (κ1) is 7.82. The van der Waals surface area contributed by atoms with Crippen LogP contribution in [-0.4, -0.2) is 6.54 Å². The first-order valence-corrected chi connectivity index (χ1v) is 3.47. The molecule has 0 spiro atoms. The summed E-state index contributed by atoms with van der Waals surface area (Å²) in [6.45, 7) is 3.97. The zero-order valence-electron chi connectivity index (χ0n) is 6.27. The molecule has 0 heterocycles. The molecule has 0 aliphatic rings. The monoisotopic (exact) mass is 146 g/mol. The number of hydrogen-bond acceptors (Lipinski definition) is 1. The van der Waals surface area contributed by atoms with Crippen molar-refractivity contribution in [3.63, 3.8) is 0 Å². The van der Waals surface area contributed by atoms with Crippen molar-refractivity contribution >= 4 is 5.69 Å². The normalized spacial score (nSPS) is 9.18. The molecule has 0 fully saturated rings. The molecular weight excluding hydrogens is 136 g/mol. The summed E-state index contributed by atoms with van der Waals surface area (Å²) in [5.41, 5.74) is 0.785. The highest BCUT2D eigenvalue weighted by Gasteiger charge is 1.97. The minimum absolute atomic E-state index is 0.448. The molecule has 11 heavy (non-hydrogen) atoms. The average Bonchev–Trinajstić information content (AvgIpc) is 2.07. The van der Waals surface area contributed by atoms with E-state index >= 15 is 0 Å². The summed E-state index contributed by atoms with van der Waals surface area (Å²) >= 11 is 0. The summed E-state index contributed by atoms with van der Waals surface area (Å²) in [6, 6.07) is 9.33. The lowest BCUT2D eigenvalue weighted by atomic mass is 10.3. The fourth-order valence-corrected chi connectivity index (χ4v) is 0.828. The number of anilines is 1. The van der Waals surface area contributed by atoms with Crippen molar-refractivity contribution in [2.75, 3.05) is 11.6 Å². The van der Waals surface area contributed by atoms with Crippen LogP contribution in [0.25, 0.3) is 0 Å². The molecule has 2 heteroatoms. The van der Waals surface area contributed by atoms with Crippen LogP contribution in [0.2, 0.25) is 0 Å². The maximum Gasteiger partial charge on any atom is 0.0555 e. The standard InChI is InChI=1S/C9H10N2/c1-2-8-11(10)9-6-4-3-5-7-9/h2-7H,1,8H2. The summed E-state index contributed by atoms with van der Waals surface area (Å²) in [5.74, 6) is 9.28. The zero-order chi connectivity index (χ0) is 8.10. The van der Waals surface area contributed by atoms with Crippen LogP contribution < -0.4 is 10.9 Å². The average molecular weight is 146 g/mol. The SMILES string of the molecule is C=CCN([N])c1ccccc1. The van der Waals surface area contributed by atoms with Gasteiger partial charge >= 0.3 is 0 Å². The van der Waals surface area contributed by atoms with Gasteiger partial charge in [-0.2, -0.15) is 0 Å². The molecule has 0 N–H and O–H groups in total. The summed E-state index contributed by atoms with van der Waals surface area (Å²) < 4.78 is 0. The van der Waals surface area contributed by atoms with Crippen LogP contribution in [0.3, 0.4) is 0 Å². The highest BCUT2D eigenvalue weighted by Crippen LogP contribution is 2.08. The van der Waals surface area contributed by atoms with Gasteiger partial charge in [-0.3, -0.25) is 5.01 Å². The van der Waals surface area contributed by atoms with Crippen LogP contribution in [0.4, 0.5) is 5.69 Å². The number of hydrogen-bond donors (Lipinski definition) is 0. The third-order valence-corrected chi connectivity index (χ3v) is 1.36. The van der Waals surface area contributed by atoms with Crippen molar-refractivity contribution in [2.24, 2.45) is 0 Å². The third kappa shape index (κ3) is 2.09. The van der Waals surface area contributed by atoms with E-state index in [4.69, 9.17) is 0 Å². The van der Waals surface area contributed by atoms with Crippen LogP contribution in [0, 0.1) is 0 Å². The van der Waals surface area contributed by atoms with Crippen molar-refractivity contribution in [1.29, 1.82) is 0 Å². The predicted octanol–water partition coefficient (Wildman–Crippen LogP) is 1.66. The van der Waals surface area contributed by atoms with Gasteiger partial charge in [-0.05, 0) is 18.0 Å². The summed E-state index contributed by atoms with van der Waals surface area (Å²) in [4.78, 5) is 0. The van der Waals surface area contributed by atoms with Gasteiger partial charge in [0.05, 0.1) is 12.2 Å². The van der Waals surface area contributed by atoms with E-state index in [1.165, 1.54) is 0 Å². The first-order valence-electron chi connectivity index (χ1n) is 3.47. The molecule has 0 unspecified atom stereocenters. The number of para-hydroxylation sites is 1. The summed E-state index contributed by atoms with van der Waals surface area (Å²) in [6.07, 6.45) is 1.65. The molecule has 1 aromatic carbocycles. The Kier molecular flexibility index (Phi) is 2.69. The Morgan fingerprint density at radius 3 is 2.55 bits per heavy atom. The van der Waals surface area contributed by atoms with Crippen LogP contribution in [0.15, 0.2) is 43.0 Å². The molecule has 2 radical (unpaired) electrons. The van der Waals surface area contributed by atoms with E-state index in [1.54, 1.807) is 6.08 Å². The minimum Gasteiger partial charge on any atom is -0.269 e. The zero-order valence-corrected chi connectivity index (χ0v) is 6.27. The molecule has 1 aromatic rings. The van der Waals surface area contributed by atoms with Gasteiger partial charge in [0, 0.05) is 0 Å². The summed E-state index contributed by atoms with van der Waals surface area (Å²) in [5, 5.41) is 1.15. The van der Waals surface area contributed by atoms with Crippen molar-refractivity contribution in [2.45, 2.75) is 0 Å². The van der Waals surface area contributed by atoms with Crippen molar-refractivity contribution in [1.82, 2.24) is 5.84 Å². The molecule has 56 valence electrons. The fraction of sp³-hybridized carbons (Fsp3) is 0.111. The van der Waals surface area contributed by atoms with Crippen molar-refractivity contribution in [3.05, 3.63) is 43.0 Å². The van der Waals surface area contributed by atoms with Crippen LogP contribution in [0.5, 0.6) is 0 Å². The van der Waals surface area contributed by atoms with Gasteiger partial charge in [0.25, 0.3) is 0 Å². The lowest BCUT2D eigenvalue weighted by Crippen LogP contribution is -2.19. The largest absolute Gasteiger partial charge is 0.269 e. The van der Waals surface area contributed by atoms with Crippen LogP contribution >= 0.6 is 0 Å². The molecule has 0 saturated carbocycles. The maximum absolute atomic E-state index is 9.28. The molecule has 0 aliphatic heterocycles. The topological polar surface area (TPSA) is 25.5 Å². The van der Waals surface area contributed by atoms with Gasteiger partial charge < -0.3 is 0 Å². The first-order chi connectivity index (χ1) is 5.34. The molecule has 2 nitrogen and oxygen atoms in total. The Balaban J connectivity index is 2.68. The Hall–Kier alpha value is -1.28. The molecule has 0 atom stereocenters. The lowest BCUT2D eigenvalue weighted by molar-refractivity contribution is 0.909. The van der Waals surface area contributed by atoms with E-state index < -0.39 is 0 Å². The van der Waals surface area contributed by atoms with Gasteiger partial charge in [-0.25, -0.2) is 0 Å². The molecule has 0 saturated heterocycles. The second-order valence-corrected chi connectivity index (χ2v) is 2.21. The fourth-order valence-electron chi connectivity index (χ4n) is 0.828. The second kappa shape index (κ2) is 3.78. The Bertz CT molecular complexity index is 218. The maximum atomic E-state index is 9.28. The molecular formula is C9H10N2. The molecule has 1 rings (SSSR count). The van der Waals surface area contributed by atoms with Gasteiger partial charge in [-0.15, -0.1) is 6.58 Å². The van der Waals surface area contributed by atoms with Crippen LogP contribution in [-0.2, 0) is 0 Å². The van der Waals surface area contributed by atoms with E-state index in [0.717, 1.165) is 10.7 Å². The number of nitrogens with zero attached hydrogens (tertiary/aromatic N) is 2. The van der Waals surface area contributed by atoms with E-state index in [0.29, 0.717) is 6.54 Å². The minimum atomic E-state index is 0.448. The van der Waals surface area contributed by atoms with Crippen molar-refractivity contribution in [3.8, 4) is 0 Å². The third-order valence-electron chi connectivity index (χ3n) is 1.36. The Labute approximate surface area is 66.9 Å². The smallest absolute Gasteiger partial charge is 0.0555 e. The van der Waals surface area contributed by atoms with Gasteiger partial charge in [0.1, 0.15) is 0 Å². The van der Waals surface area contributed by atoms with Crippen molar-refractivity contribution < 1.29 is 0 Å². The quantitative estimate of drug-likeness (QED) is 0.470. The van der Waals surface area contributed by atoms with E-state index in [2.05, 4.69) is 6.58 Å². The number of rotatable bonds is 3. The van der Waals surface area contributed by atoms with Gasteiger partial charge in [0.15, 0.2) is 0 Å². The highest BCUT2D eigenvalue weighted by atomic mass is 15.4. The second-order valence-electron chi connectivity index (χ2n) is 2.21. The van der Waals surface area contributed by atoms with E-state index in [1.807, 2.05) is 30.3 Å². The highest BCUT2D eigenvalue weighted by molar-refractivity contribution is 5.44. The molecule has 0 aliphatic carbocycles. The Morgan fingerprint density at radius 2 is 2.00 bits per heavy atom. The lowest BCUT2D eigenvalue weighted by Gasteiger charge is -2.11. The van der Waals surface area contributed by atoms with Crippen LogP contribution in [0.1, 0.15) is 0 Å². The molecule has 0 aromatic heterocycles. The molecule has 0 bridgehead atoms. The predicted molar refractivity (Wildman–Crippen MR) is 46.1 cm³/mol. The van der Waals surface area contributed by atoms with E-state index in [9.17, 15) is 5.84 Å². The van der Waals surface area contributed by atoms with Gasteiger partial charge in [-0.1, -0.05) is 24.3 Å². The van der Waals surface area contributed by atoms with Gasteiger partial charge in [0.2, 0.25) is 0 Å². The Morgan fingerprint density at radius 1 is 1.36 bits per heavy atom. The van der Waals surface area contributed by atoms with E-state index in [-0.39, 0.29) is 0 Å². The molecule has 0 amide bonds.